The highest BCUT2D eigenvalue weighted by atomic mass is 16.6. The maximum atomic E-state index is 12.8. The maximum Gasteiger partial charge on any atom is 0.407 e. The van der Waals surface area contributed by atoms with Gasteiger partial charge in [-0.3, -0.25) is 14.4 Å². The van der Waals surface area contributed by atoms with Crippen LogP contribution in [-0.4, -0.2) is 67.7 Å². The molecular formula is C44H73N3O6. The van der Waals surface area contributed by atoms with Crippen LogP contribution >= 0.6 is 0 Å². The molecule has 0 aromatic rings. The predicted octanol–water partition coefficient (Wildman–Crippen LogP) is 8.60. The average molecular weight is 740 g/mol. The molecule has 0 radical (unpaired) electrons. The molecule has 1 saturated heterocycles. The minimum Gasteiger partial charge on any atom is -0.460 e. The fraction of sp³-hybridized carbons (Fsp3) is 0.864. The van der Waals surface area contributed by atoms with Crippen LogP contribution in [0, 0.1) is 52.3 Å². The van der Waals surface area contributed by atoms with Crippen LogP contribution in [0.5, 0.6) is 0 Å². The van der Waals surface area contributed by atoms with Crippen molar-refractivity contribution in [1.82, 2.24) is 15.5 Å². The lowest BCUT2D eigenvalue weighted by atomic mass is 9.47. The summed E-state index contributed by atoms with van der Waals surface area (Å²) in [6.07, 6.45) is 18.6. The zero-order valence-corrected chi connectivity index (χ0v) is 34.3. The molecule has 300 valence electrons. The second-order valence-corrected chi connectivity index (χ2v) is 18.8. The first-order chi connectivity index (χ1) is 25.2. The molecule has 9 heteroatoms. The summed E-state index contributed by atoms with van der Waals surface area (Å²) in [6.45, 7) is 16.0. The number of hydrogen-bond acceptors (Lipinski definition) is 6. The number of alkyl carbamates (subject to hydrolysis) is 1. The number of fused-ring (bicyclic) bond motifs is 5. The van der Waals surface area contributed by atoms with E-state index < -0.39 is 5.97 Å². The van der Waals surface area contributed by atoms with Gasteiger partial charge in [0, 0.05) is 45.3 Å². The van der Waals surface area contributed by atoms with E-state index in [9.17, 15) is 19.2 Å². The van der Waals surface area contributed by atoms with Gasteiger partial charge in [-0.1, -0.05) is 78.9 Å². The summed E-state index contributed by atoms with van der Waals surface area (Å²) in [4.78, 5) is 50.9. The third kappa shape index (κ3) is 10.00. The van der Waals surface area contributed by atoms with E-state index in [4.69, 9.17) is 9.47 Å². The number of carbonyl (C=O) groups excluding carboxylic acids is 4. The van der Waals surface area contributed by atoms with Gasteiger partial charge in [-0.15, -0.1) is 0 Å². The summed E-state index contributed by atoms with van der Waals surface area (Å²) in [5.41, 5.74) is 2.29. The third-order valence-electron chi connectivity index (χ3n) is 14.9. The minimum atomic E-state index is -0.404. The van der Waals surface area contributed by atoms with Crippen LogP contribution in [0.15, 0.2) is 11.6 Å². The summed E-state index contributed by atoms with van der Waals surface area (Å²) in [5.74, 6) is 4.47. The molecule has 1 heterocycles. The lowest BCUT2D eigenvalue weighted by Crippen LogP contribution is -2.51. The quantitative estimate of drug-likeness (QED) is 0.0932. The number of nitrogens with one attached hydrogen (secondary N) is 2. The molecule has 1 aliphatic heterocycles. The van der Waals surface area contributed by atoms with E-state index in [2.05, 4.69) is 51.3 Å². The number of allylic oxidation sites excluding steroid dienone is 1. The molecule has 10 atom stereocenters. The van der Waals surface area contributed by atoms with Gasteiger partial charge in [-0.25, -0.2) is 4.79 Å². The Morgan fingerprint density at radius 3 is 2.43 bits per heavy atom. The van der Waals surface area contributed by atoms with E-state index in [0.717, 1.165) is 74.0 Å². The molecule has 9 nitrogen and oxygen atoms in total. The molecule has 2 N–H and O–H groups in total. The van der Waals surface area contributed by atoms with Crippen molar-refractivity contribution in [3.8, 4) is 0 Å². The topological polar surface area (TPSA) is 114 Å². The number of carbonyl (C=O) groups is 4. The Balaban J connectivity index is 0.983. The van der Waals surface area contributed by atoms with Gasteiger partial charge in [0.15, 0.2) is 0 Å². The molecule has 4 aliphatic carbocycles. The van der Waals surface area contributed by atoms with E-state index in [1.54, 1.807) is 10.5 Å². The standard InChI is InChI=1S/C44H73N3O6/c1-29(2)12-11-13-30(3)35-17-18-36-34-16-15-32-26-33(21-23-43(32,5)37(34)22-24-44(35,36)6)52-42(51)46-25-10-8-9-14-40(49)47-27-31(4)38(28-47)53-41(50)20-19-39(48)45-7/h15,29-31,33-38H,8-14,16-28H2,1-7H3,(H,45,48)(H,46,51)/t30?,31?,33?,34?,35-,36?,37?,38?,43+,44-/m1/s1. The summed E-state index contributed by atoms with van der Waals surface area (Å²) in [5, 5.41) is 5.46. The molecule has 4 fully saturated rings. The van der Waals surface area contributed by atoms with Crippen molar-refractivity contribution in [3.05, 3.63) is 11.6 Å². The van der Waals surface area contributed by atoms with Gasteiger partial charge in [0.05, 0.1) is 13.0 Å². The minimum absolute atomic E-state index is 0.0379. The lowest BCUT2D eigenvalue weighted by Gasteiger charge is -2.58. The second-order valence-electron chi connectivity index (χ2n) is 18.8. The predicted molar refractivity (Wildman–Crippen MR) is 209 cm³/mol. The fourth-order valence-electron chi connectivity index (χ4n) is 11.7. The summed E-state index contributed by atoms with van der Waals surface area (Å²) >= 11 is 0. The molecular weight excluding hydrogens is 666 g/mol. The van der Waals surface area contributed by atoms with Crippen molar-refractivity contribution in [1.29, 1.82) is 0 Å². The van der Waals surface area contributed by atoms with Crippen LogP contribution in [0.4, 0.5) is 4.79 Å². The van der Waals surface area contributed by atoms with Crippen molar-refractivity contribution in [2.45, 2.75) is 163 Å². The van der Waals surface area contributed by atoms with Crippen molar-refractivity contribution in [2.24, 2.45) is 52.3 Å². The third-order valence-corrected chi connectivity index (χ3v) is 14.9. The summed E-state index contributed by atoms with van der Waals surface area (Å²) in [7, 11) is 1.54. The van der Waals surface area contributed by atoms with Crippen LogP contribution in [0.3, 0.4) is 0 Å². The Bertz CT molecular complexity index is 1320. The molecule has 3 amide bonds. The van der Waals surface area contributed by atoms with Crippen LogP contribution in [0.2, 0.25) is 0 Å². The van der Waals surface area contributed by atoms with E-state index >= 15 is 0 Å². The smallest absolute Gasteiger partial charge is 0.407 e. The van der Waals surface area contributed by atoms with Gasteiger partial charge in [0.25, 0.3) is 0 Å². The molecule has 3 saturated carbocycles. The van der Waals surface area contributed by atoms with E-state index in [0.29, 0.717) is 31.5 Å². The van der Waals surface area contributed by atoms with Crippen LogP contribution in [0.1, 0.15) is 151 Å². The number of rotatable bonds is 16. The molecule has 53 heavy (non-hydrogen) atoms. The highest BCUT2D eigenvalue weighted by molar-refractivity contribution is 5.81. The maximum absolute atomic E-state index is 12.8. The number of unbranched alkanes of at least 4 members (excludes halogenated alkanes) is 2. The first kappa shape index (κ1) is 41.6. The molecule has 7 unspecified atom stereocenters. The van der Waals surface area contributed by atoms with Gasteiger partial charge in [0.1, 0.15) is 12.2 Å². The number of nitrogens with zero attached hydrogens (tertiary/aromatic N) is 1. The van der Waals surface area contributed by atoms with Crippen molar-refractivity contribution in [3.63, 3.8) is 0 Å². The highest BCUT2D eigenvalue weighted by Gasteiger charge is 2.59. The Kier molecular flexibility index (Phi) is 14.4. The number of hydrogen-bond donors (Lipinski definition) is 2. The Hall–Kier alpha value is -2.58. The second kappa shape index (κ2) is 18.4. The Morgan fingerprint density at radius 2 is 1.68 bits per heavy atom. The van der Waals surface area contributed by atoms with Gasteiger partial charge in [-0.2, -0.15) is 0 Å². The van der Waals surface area contributed by atoms with E-state index in [1.165, 1.54) is 58.4 Å². The molecule has 5 aliphatic rings. The average Bonchev–Trinajstić information content (AvgIpc) is 3.67. The van der Waals surface area contributed by atoms with Gasteiger partial charge < -0.3 is 25.0 Å². The van der Waals surface area contributed by atoms with Crippen molar-refractivity contribution < 1.29 is 28.7 Å². The zero-order valence-electron chi connectivity index (χ0n) is 34.3. The van der Waals surface area contributed by atoms with E-state index in [1.807, 2.05) is 6.92 Å². The van der Waals surface area contributed by atoms with Gasteiger partial charge in [0.2, 0.25) is 11.8 Å². The van der Waals surface area contributed by atoms with Gasteiger partial charge >= 0.3 is 12.1 Å². The normalized spacial score (nSPS) is 34.0. The first-order valence-corrected chi connectivity index (χ1v) is 21.6. The van der Waals surface area contributed by atoms with Crippen LogP contribution < -0.4 is 10.6 Å². The van der Waals surface area contributed by atoms with E-state index in [-0.39, 0.29) is 54.3 Å². The number of esters is 1. The largest absolute Gasteiger partial charge is 0.460 e. The number of amides is 3. The molecule has 5 rings (SSSR count). The monoisotopic (exact) mass is 740 g/mol. The summed E-state index contributed by atoms with van der Waals surface area (Å²) < 4.78 is 11.5. The Labute approximate surface area is 320 Å². The van der Waals surface area contributed by atoms with Gasteiger partial charge in [-0.05, 0) is 104 Å². The first-order valence-electron chi connectivity index (χ1n) is 21.6. The highest BCUT2D eigenvalue weighted by Crippen LogP contribution is 2.67. The van der Waals surface area contributed by atoms with Crippen LogP contribution in [0.25, 0.3) is 0 Å². The SMILES string of the molecule is CNC(=O)CCC(=O)OC1CN(C(=O)CCCCCNC(=O)OC2CC[C@@]3(C)C(=CCC4C3CC[C@@]3(C)C4CC[C@@H]3C(C)CCCC(C)C)C2)CC1C. The number of likely N-dealkylation sites (tertiary alicyclic amines) is 1. The summed E-state index contributed by atoms with van der Waals surface area (Å²) in [6, 6.07) is 0. The fourth-order valence-corrected chi connectivity index (χ4v) is 11.7. The van der Waals surface area contributed by atoms with Crippen LogP contribution in [-0.2, 0) is 23.9 Å². The molecule has 0 aromatic heterocycles. The number of ether oxygens (including phenoxy) is 2. The zero-order chi connectivity index (χ0) is 38.3. The lowest BCUT2D eigenvalue weighted by molar-refractivity contribution is -0.151. The molecule has 0 aromatic carbocycles. The molecule has 0 spiro atoms. The van der Waals surface area contributed by atoms with Crippen molar-refractivity contribution in [2.75, 3.05) is 26.7 Å². The van der Waals surface area contributed by atoms with Crippen molar-refractivity contribution >= 4 is 23.9 Å². The molecule has 0 bridgehead atoms. The Morgan fingerprint density at radius 1 is 0.887 bits per heavy atom.